The largest absolute Gasteiger partial charge is 0.497 e. The van der Waals surface area contributed by atoms with Crippen LogP contribution in [0.4, 0.5) is 0 Å². The minimum Gasteiger partial charge on any atom is -0.497 e. The van der Waals surface area contributed by atoms with E-state index in [4.69, 9.17) is 9.72 Å². The fourth-order valence-electron chi connectivity index (χ4n) is 5.53. The molecule has 2 aromatic carbocycles. The van der Waals surface area contributed by atoms with E-state index in [2.05, 4.69) is 44.7 Å². The van der Waals surface area contributed by atoms with Crippen LogP contribution >= 0.6 is 0 Å². The van der Waals surface area contributed by atoms with Gasteiger partial charge < -0.3 is 19.3 Å². The van der Waals surface area contributed by atoms with Gasteiger partial charge in [-0.15, -0.1) is 0 Å². The first-order valence-electron chi connectivity index (χ1n) is 13.1. The summed E-state index contributed by atoms with van der Waals surface area (Å²) in [6, 6.07) is 16.5. The van der Waals surface area contributed by atoms with E-state index in [1.807, 2.05) is 23.1 Å². The highest BCUT2D eigenvalue weighted by molar-refractivity contribution is 5.79. The van der Waals surface area contributed by atoms with E-state index in [1.165, 1.54) is 5.56 Å². The summed E-state index contributed by atoms with van der Waals surface area (Å²) in [6.07, 6.45) is 1.98. The van der Waals surface area contributed by atoms with Crippen LogP contribution in [0.3, 0.4) is 0 Å². The number of amides is 1. The number of aromatic nitrogens is 2. The summed E-state index contributed by atoms with van der Waals surface area (Å²) in [5.41, 5.74) is 3.34. The van der Waals surface area contributed by atoms with E-state index >= 15 is 0 Å². The molecular weight excluding hydrogens is 454 g/mol. The van der Waals surface area contributed by atoms with E-state index in [1.54, 1.807) is 7.11 Å². The Morgan fingerprint density at radius 1 is 1.00 bits per heavy atom. The van der Waals surface area contributed by atoms with Crippen LogP contribution in [0.5, 0.6) is 5.75 Å². The van der Waals surface area contributed by atoms with Gasteiger partial charge in [0.2, 0.25) is 5.91 Å². The molecule has 0 spiro atoms. The molecule has 0 unspecified atom stereocenters. The number of hydrogen-bond acceptors (Lipinski definition) is 6. The Morgan fingerprint density at radius 2 is 1.78 bits per heavy atom. The maximum Gasteiger partial charge on any atom is 0.227 e. The van der Waals surface area contributed by atoms with Gasteiger partial charge in [0.25, 0.3) is 0 Å². The van der Waals surface area contributed by atoms with Gasteiger partial charge in [0.1, 0.15) is 11.6 Å². The number of piperazine rings is 1. The van der Waals surface area contributed by atoms with Gasteiger partial charge in [0.15, 0.2) is 0 Å². The van der Waals surface area contributed by atoms with Crippen LogP contribution in [0.2, 0.25) is 0 Å². The number of imidazole rings is 1. The molecule has 0 saturated carbocycles. The molecule has 2 aliphatic rings. The molecule has 36 heavy (non-hydrogen) atoms. The molecule has 8 heteroatoms. The van der Waals surface area contributed by atoms with Gasteiger partial charge in [-0.25, -0.2) is 4.98 Å². The van der Waals surface area contributed by atoms with Crippen LogP contribution in [-0.4, -0.2) is 94.8 Å². The highest BCUT2D eigenvalue weighted by Gasteiger charge is 2.31. The summed E-state index contributed by atoms with van der Waals surface area (Å²) < 4.78 is 7.63. The molecule has 2 saturated heterocycles. The maximum atomic E-state index is 13.3. The van der Waals surface area contributed by atoms with Crippen molar-refractivity contribution in [2.45, 2.75) is 25.9 Å². The van der Waals surface area contributed by atoms with Crippen molar-refractivity contribution in [1.82, 2.24) is 24.3 Å². The maximum absolute atomic E-state index is 13.3. The number of piperidine rings is 1. The minimum absolute atomic E-state index is 0.0440. The summed E-state index contributed by atoms with van der Waals surface area (Å²) >= 11 is 0. The molecule has 1 aromatic heterocycles. The third-order valence-corrected chi connectivity index (χ3v) is 7.55. The second-order valence-corrected chi connectivity index (χ2v) is 9.92. The number of nitrogens with zero attached hydrogens (tertiary/aromatic N) is 5. The lowest BCUT2D eigenvalue weighted by molar-refractivity contribution is -0.139. The Kier molecular flexibility index (Phi) is 7.84. The Balaban J connectivity index is 1.28. The molecular formula is C28H37N5O3. The third-order valence-electron chi connectivity index (χ3n) is 7.55. The summed E-state index contributed by atoms with van der Waals surface area (Å²) in [5, 5.41) is 9.18. The van der Waals surface area contributed by atoms with Crippen LogP contribution in [0, 0.1) is 5.92 Å². The van der Waals surface area contributed by atoms with Crippen molar-refractivity contribution in [3.8, 4) is 5.75 Å². The van der Waals surface area contributed by atoms with Gasteiger partial charge >= 0.3 is 0 Å². The van der Waals surface area contributed by atoms with Crippen molar-refractivity contribution >= 4 is 16.9 Å². The molecule has 0 bridgehead atoms. The zero-order valence-corrected chi connectivity index (χ0v) is 21.2. The van der Waals surface area contributed by atoms with Crippen LogP contribution in [0.25, 0.3) is 11.0 Å². The first kappa shape index (κ1) is 24.7. The minimum atomic E-state index is 0.0440. The van der Waals surface area contributed by atoms with Gasteiger partial charge in [-0.05, 0) is 49.2 Å². The zero-order chi connectivity index (χ0) is 24.9. The number of aliphatic hydroxyl groups is 1. The van der Waals surface area contributed by atoms with E-state index in [-0.39, 0.29) is 18.4 Å². The Labute approximate surface area is 213 Å². The zero-order valence-electron chi connectivity index (χ0n) is 21.2. The van der Waals surface area contributed by atoms with E-state index in [0.717, 1.165) is 87.8 Å². The quantitative estimate of drug-likeness (QED) is 0.522. The molecule has 1 N–H and O–H groups in total. The highest BCUT2D eigenvalue weighted by Crippen LogP contribution is 2.24. The fraction of sp³-hybridized carbons (Fsp3) is 0.500. The number of β-amino-alcohol motifs (C(OH)–C–C–N with tert-alkyl or cyclic N) is 1. The van der Waals surface area contributed by atoms with Crippen molar-refractivity contribution in [2.75, 3.05) is 59.5 Å². The lowest BCUT2D eigenvalue weighted by Crippen LogP contribution is -2.52. The molecule has 3 aromatic rings. The predicted octanol–water partition coefficient (Wildman–Crippen LogP) is 2.44. The average Bonchev–Trinajstić information content (AvgIpc) is 3.26. The van der Waals surface area contributed by atoms with Crippen LogP contribution < -0.4 is 4.74 Å². The number of methoxy groups -OCH3 is 1. The number of ether oxygens (including phenoxy) is 1. The fourth-order valence-corrected chi connectivity index (χ4v) is 5.53. The number of hydrogen-bond donors (Lipinski definition) is 1. The number of likely N-dealkylation sites (tertiary alicyclic amines) is 1. The number of carbonyl (C=O) groups excluding carboxylic acids is 1. The molecule has 0 radical (unpaired) electrons. The smallest absolute Gasteiger partial charge is 0.227 e. The van der Waals surface area contributed by atoms with E-state index in [9.17, 15) is 9.90 Å². The lowest BCUT2D eigenvalue weighted by Gasteiger charge is -2.38. The highest BCUT2D eigenvalue weighted by atomic mass is 16.5. The van der Waals surface area contributed by atoms with Gasteiger partial charge in [-0.3, -0.25) is 14.6 Å². The number of benzene rings is 2. The Morgan fingerprint density at radius 3 is 2.53 bits per heavy atom. The lowest BCUT2D eigenvalue weighted by atomic mass is 9.96. The van der Waals surface area contributed by atoms with Gasteiger partial charge in [-0.1, -0.05) is 24.3 Å². The Hall–Kier alpha value is -2.94. The first-order chi connectivity index (χ1) is 17.6. The van der Waals surface area contributed by atoms with Crippen molar-refractivity contribution in [1.29, 1.82) is 0 Å². The molecule has 0 aliphatic carbocycles. The van der Waals surface area contributed by atoms with E-state index < -0.39 is 0 Å². The molecule has 8 nitrogen and oxygen atoms in total. The molecule has 5 rings (SSSR count). The molecule has 2 fully saturated rings. The summed E-state index contributed by atoms with van der Waals surface area (Å²) in [4.78, 5) is 25.0. The number of carbonyl (C=O) groups is 1. The second kappa shape index (κ2) is 11.4. The summed E-state index contributed by atoms with van der Waals surface area (Å²) in [7, 11) is 1.68. The SMILES string of the molecule is COc1ccc(Cn2c(CN3CCC[C@H](C(=O)N4CCN(CCO)CC4)C3)nc3ccccc32)cc1. The van der Waals surface area contributed by atoms with Gasteiger partial charge in [-0.2, -0.15) is 0 Å². The van der Waals surface area contributed by atoms with Crippen molar-refractivity contribution in [2.24, 2.45) is 5.92 Å². The molecule has 1 atom stereocenters. The Bertz CT molecular complexity index is 1150. The molecule has 2 aliphatic heterocycles. The van der Waals surface area contributed by atoms with Gasteiger partial charge in [0.05, 0.1) is 37.2 Å². The van der Waals surface area contributed by atoms with Crippen LogP contribution in [0.1, 0.15) is 24.2 Å². The summed E-state index contributed by atoms with van der Waals surface area (Å²) in [6.45, 7) is 7.32. The second-order valence-electron chi connectivity index (χ2n) is 9.92. The topological polar surface area (TPSA) is 74.1 Å². The average molecular weight is 492 g/mol. The molecule has 1 amide bonds. The van der Waals surface area contributed by atoms with Crippen LogP contribution in [-0.2, 0) is 17.9 Å². The van der Waals surface area contributed by atoms with Crippen molar-refractivity contribution < 1.29 is 14.6 Å². The number of rotatable bonds is 8. The third kappa shape index (κ3) is 5.56. The number of para-hydroxylation sites is 2. The van der Waals surface area contributed by atoms with E-state index in [0.29, 0.717) is 6.54 Å². The standard InChI is InChI=1S/C28H37N5O3/c1-36-24-10-8-22(9-11-24)19-33-26-7-3-2-6-25(26)29-27(33)21-31-12-4-5-23(20-31)28(35)32-15-13-30(14-16-32)17-18-34/h2-3,6-11,23,34H,4-5,12-21H2,1H3/t23-/m0/s1. The summed E-state index contributed by atoms with van der Waals surface area (Å²) in [5.74, 6) is 2.23. The number of aliphatic hydroxyl groups excluding tert-OH is 1. The predicted molar refractivity (Wildman–Crippen MR) is 140 cm³/mol. The molecule has 192 valence electrons. The molecule has 3 heterocycles. The first-order valence-corrected chi connectivity index (χ1v) is 13.1. The number of fused-ring (bicyclic) bond motifs is 1. The normalized spacial score (nSPS) is 19.6. The monoisotopic (exact) mass is 491 g/mol. The van der Waals surface area contributed by atoms with Crippen LogP contribution in [0.15, 0.2) is 48.5 Å². The van der Waals surface area contributed by atoms with Crippen molar-refractivity contribution in [3.63, 3.8) is 0 Å². The van der Waals surface area contributed by atoms with Crippen molar-refractivity contribution in [3.05, 3.63) is 59.9 Å². The van der Waals surface area contributed by atoms with Gasteiger partial charge in [0, 0.05) is 45.8 Å².